The summed E-state index contributed by atoms with van der Waals surface area (Å²) in [7, 11) is 0. The predicted molar refractivity (Wildman–Crippen MR) is 126 cm³/mol. The molecule has 1 aliphatic carbocycles. The van der Waals surface area contributed by atoms with Gasteiger partial charge in [-0.3, -0.25) is 9.59 Å². The van der Waals surface area contributed by atoms with Crippen molar-refractivity contribution in [2.45, 2.75) is 62.8 Å². The third-order valence-corrected chi connectivity index (χ3v) is 8.36. The van der Waals surface area contributed by atoms with Crippen molar-refractivity contribution in [2.75, 3.05) is 19.6 Å². The molecule has 0 unspecified atom stereocenters. The number of carbonyl (C=O) groups excluding carboxylic acids is 2. The Kier molecular flexibility index (Phi) is 5.98. The van der Waals surface area contributed by atoms with Crippen molar-refractivity contribution in [1.82, 2.24) is 9.80 Å². The number of rotatable bonds is 3. The van der Waals surface area contributed by atoms with Crippen molar-refractivity contribution >= 4 is 11.8 Å². The first-order chi connectivity index (χ1) is 16.0. The molecule has 5 rings (SSSR count). The summed E-state index contributed by atoms with van der Waals surface area (Å²) >= 11 is 0. The lowest BCUT2D eigenvalue weighted by atomic mass is 9.68. The Balaban J connectivity index is 1.44. The van der Waals surface area contributed by atoms with Gasteiger partial charge in [-0.15, -0.1) is 0 Å². The first-order valence-electron chi connectivity index (χ1n) is 12.4. The minimum absolute atomic E-state index is 0.0856. The van der Waals surface area contributed by atoms with Crippen LogP contribution in [0.1, 0.15) is 62.5 Å². The van der Waals surface area contributed by atoms with Crippen molar-refractivity contribution in [2.24, 2.45) is 5.92 Å². The van der Waals surface area contributed by atoms with Gasteiger partial charge >= 0.3 is 0 Å². The van der Waals surface area contributed by atoms with E-state index in [1.807, 2.05) is 35.2 Å². The highest BCUT2D eigenvalue weighted by molar-refractivity contribution is 5.88. The SMILES string of the molecule is CC(=O)N1C[C@H](c2ccc(F)cc2)[C@H]2CN(C(=O)C3(c4ccccc4)CCCCC3)CC[C@H]21. The maximum absolute atomic E-state index is 14.2. The van der Waals surface area contributed by atoms with Gasteiger partial charge in [-0.2, -0.15) is 0 Å². The Hall–Kier alpha value is -2.69. The van der Waals surface area contributed by atoms with Crippen molar-refractivity contribution in [3.8, 4) is 0 Å². The minimum Gasteiger partial charge on any atom is -0.341 e. The van der Waals surface area contributed by atoms with Gasteiger partial charge in [-0.25, -0.2) is 4.39 Å². The van der Waals surface area contributed by atoms with E-state index in [2.05, 4.69) is 17.0 Å². The molecular formula is C28H33FN2O2. The van der Waals surface area contributed by atoms with E-state index in [1.165, 1.54) is 18.6 Å². The quantitative estimate of drug-likeness (QED) is 0.671. The number of piperidine rings is 1. The molecule has 3 fully saturated rings. The summed E-state index contributed by atoms with van der Waals surface area (Å²) in [6.45, 7) is 3.62. The van der Waals surface area contributed by atoms with Gasteiger partial charge in [0.2, 0.25) is 11.8 Å². The molecule has 4 nitrogen and oxygen atoms in total. The van der Waals surface area contributed by atoms with Crippen LogP contribution in [0, 0.1) is 11.7 Å². The van der Waals surface area contributed by atoms with Gasteiger partial charge in [-0.05, 0) is 42.5 Å². The number of amides is 2. The van der Waals surface area contributed by atoms with Gasteiger partial charge in [0.15, 0.2) is 0 Å². The zero-order valence-corrected chi connectivity index (χ0v) is 19.4. The zero-order valence-electron chi connectivity index (χ0n) is 19.4. The lowest BCUT2D eigenvalue weighted by Gasteiger charge is -2.45. The van der Waals surface area contributed by atoms with E-state index in [0.29, 0.717) is 19.6 Å². The predicted octanol–water partition coefficient (Wildman–Crippen LogP) is 4.89. The van der Waals surface area contributed by atoms with E-state index < -0.39 is 5.41 Å². The van der Waals surface area contributed by atoms with Crippen molar-refractivity contribution in [1.29, 1.82) is 0 Å². The van der Waals surface area contributed by atoms with E-state index in [0.717, 1.165) is 43.2 Å². The Bertz CT molecular complexity index is 1000. The van der Waals surface area contributed by atoms with E-state index in [4.69, 9.17) is 0 Å². The molecule has 0 aromatic heterocycles. The second-order valence-electron chi connectivity index (χ2n) is 10.1. The number of hydrogen-bond acceptors (Lipinski definition) is 2. The molecule has 0 spiro atoms. The molecule has 2 heterocycles. The summed E-state index contributed by atoms with van der Waals surface area (Å²) in [5, 5.41) is 0. The topological polar surface area (TPSA) is 40.6 Å². The summed E-state index contributed by atoms with van der Waals surface area (Å²) in [4.78, 5) is 30.6. The fourth-order valence-electron chi connectivity index (χ4n) is 6.68. The molecule has 5 heteroatoms. The van der Waals surface area contributed by atoms with Crippen LogP contribution in [0.15, 0.2) is 54.6 Å². The molecule has 0 N–H and O–H groups in total. The number of likely N-dealkylation sites (tertiary alicyclic amines) is 2. The molecule has 2 amide bonds. The molecule has 0 bridgehead atoms. The normalized spacial score (nSPS) is 26.7. The molecular weight excluding hydrogens is 415 g/mol. The number of nitrogens with zero attached hydrogens (tertiary/aromatic N) is 2. The standard InChI is InChI=1S/C28H33FN2O2/c1-20(32)31-19-24(21-10-12-23(29)13-11-21)25-18-30(17-14-26(25)31)27(33)28(15-6-3-7-16-28)22-8-4-2-5-9-22/h2,4-5,8-13,24-26H,3,6-7,14-19H2,1H3/t24-,25-,26-/m1/s1. The molecule has 2 aromatic rings. The number of benzene rings is 2. The minimum atomic E-state index is -0.434. The van der Waals surface area contributed by atoms with Gasteiger partial charge in [0.1, 0.15) is 5.82 Å². The summed E-state index contributed by atoms with van der Waals surface area (Å²) < 4.78 is 13.6. The third-order valence-electron chi connectivity index (χ3n) is 8.36. The molecule has 3 atom stereocenters. The van der Waals surface area contributed by atoms with Crippen LogP contribution < -0.4 is 0 Å². The van der Waals surface area contributed by atoms with Gasteiger partial charge in [0.25, 0.3) is 0 Å². The maximum Gasteiger partial charge on any atom is 0.233 e. The number of halogens is 1. The van der Waals surface area contributed by atoms with Crippen LogP contribution in [0.3, 0.4) is 0 Å². The van der Waals surface area contributed by atoms with Crippen LogP contribution in [0.4, 0.5) is 4.39 Å². The third kappa shape index (κ3) is 3.96. The van der Waals surface area contributed by atoms with E-state index in [9.17, 15) is 14.0 Å². The molecule has 33 heavy (non-hydrogen) atoms. The Morgan fingerprint density at radius 3 is 2.30 bits per heavy atom. The molecule has 0 radical (unpaired) electrons. The number of hydrogen-bond donors (Lipinski definition) is 0. The Morgan fingerprint density at radius 2 is 1.64 bits per heavy atom. The van der Waals surface area contributed by atoms with E-state index >= 15 is 0 Å². The number of carbonyl (C=O) groups is 2. The fourth-order valence-corrected chi connectivity index (χ4v) is 6.68. The largest absolute Gasteiger partial charge is 0.341 e. The Morgan fingerprint density at radius 1 is 0.939 bits per heavy atom. The summed E-state index contributed by atoms with van der Waals surface area (Å²) in [5.41, 5.74) is 1.76. The van der Waals surface area contributed by atoms with Gasteiger partial charge < -0.3 is 9.80 Å². The van der Waals surface area contributed by atoms with Crippen LogP contribution in [-0.4, -0.2) is 47.3 Å². The molecule has 2 aromatic carbocycles. The number of fused-ring (bicyclic) bond motifs is 1. The summed E-state index contributed by atoms with van der Waals surface area (Å²) in [5.74, 6) is 0.385. The van der Waals surface area contributed by atoms with Crippen LogP contribution in [0.2, 0.25) is 0 Å². The van der Waals surface area contributed by atoms with Gasteiger partial charge in [-0.1, -0.05) is 61.7 Å². The van der Waals surface area contributed by atoms with Crippen molar-refractivity contribution < 1.29 is 14.0 Å². The van der Waals surface area contributed by atoms with Gasteiger partial charge in [0, 0.05) is 44.4 Å². The molecule has 1 saturated carbocycles. The zero-order chi connectivity index (χ0) is 23.0. The van der Waals surface area contributed by atoms with Crippen LogP contribution in [0.5, 0.6) is 0 Å². The molecule has 3 aliphatic rings. The van der Waals surface area contributed by atoms with Crippen LogP contribution in [0.25, 0.3) is 0 Å². The van der Waals surface area contributed by atoms with Crippen molar-refractivity contribution in [3.63, 3.8) is 0 Å². The second-order valence-corrected chi connectivity index (χ2v) is 10.1. The highest BCUT2D eigenvalue weighted by Crippen LogP contribution is 2.45. The molecule has 2 saturated heterocycles. The summed E-state index contributed by atoms with van der Waals surface area (Å²) in [6, 6.07) is 17.1. The van der Waals surface area contributed by atoms with E-state index in [-0.39, 0.29) is 35.5 Å². The molecule has 174 valence electrons. The van der Waals surface area contributed by atoms with Crippen molar-refractivity contribution in [3.05, 3.63) is 71.5 Å². The Labute approximate surface area is 195 Å². The second kappa shape index (κ2) is 8.92. The maximum atomic E-state index is 14.2. The smallest absolute Gasteiger partial charge is 0.233 e. The van der Waals surface area contributed by atoms with E-state index in [1.54, 1.807) is 6.92 Å². The van der Waals surface area contributed by atoms with Crippen LogP contribution in [-0.2, 0) is 15.0 Å². The monoisotopic (exact) mass is 448 g/mol. The fraction of sp³-hybridized carbons (Fsp3) is 0.500. The first kappa shape index (κ1) is 22.1. The van der Waals surface area contributed by atoms with Gasteiger partial charge in [0.05, 0.1) is 5.41 Å². The average Bonchev–Trinajstić information content (AvgIpc) is 3.24. The highest BCUT2D eigenvalue weighted by Gasteiger charge is 2.50. The lowest BCUT2D eigenvalue weighted by molar-refractivity contribution is -0.142. The molecule has 2 aliphatic heterocycles. The highest BCUT2D eigenvalue weighted by atomic mass is 19.1. The summed E-state index contributed by atoms with van der Waals surface area (Å²) in [6.07, 6.45) is 5.96. The lowest BCUT2D eigenvalue weighted by Crippen LogP contribution is -2.55. The van der Waals surface area contributed by atoms with Crippen LogP contribution >= 0.6 is 0 Å². The first-order valence-corrected chi connectivity index (χ1v) is 12.4. The average molecular weight is 449 g/mol.